The molecule has 0 unspecified atom stereocenters. The summed E-state index contributed by atoms with van der Waals surface area (Å²) in [5.74, 6) is 0. The normalized spacial score (nSPS) is 11.6. The van der Waals surface area contributed by atoms with E-state index in [1.807, 2.05) is 24.3 Å². The lowest BCUT2D eigenvalue weighted by Crippen LogP contribution is -2.10. The second kappa shape index (κ2) is 12.2. The van der Waals surface area contributed by atoms with Crippen molar-refractivity contribution in [2.45, 2.75) is 6.92 Å². The molecule has 0 N–H and O–H groups in total. The molecule has 0 saturated heterocycles. The number of rotatable bonds is 6. The average molecular weight is 668 g/mol. The van der Waals surface area contributed by atoms with Crippen LogP contribution in [0.3, 0.4) is 0 Å². The minimum absolute atomic E-state index is 0.898. The molecule has 0 radical (unpaired) electrons. The molecule has 0 aliphatic rings. The molecule has 2 heterocycles. The quantitative estimate of drug-likeness (QED) is 0.177. The molecule has 10 aromatic rings. The van der Waals surface area contributed by atoms with Gasteiger partial charge in [-0.15, -0.1) is 0 Å². The first kappa shape index (κ1) is 30.0. The number of fused-ring (bicyclic) bond motifs is 6. The Labute approximate surface area is 301 Å². The van der Waals surface area contributed by atoms with Gasteiger partial charge in [-0.1, -0.05) is 127 Å². The zero-order valence-electron chi connectivity index (χ0n) is 28.6. The van der Waals surface area contributed by atoms with E-state index >= 15 is 0 Å². The Hall–Kier alpha value is -6.84. The fourth-order valence-electron chi connectivity index (χ4n) is 7.49. The Bertz CT molecular complexity index is 2890. The summed E-state index contributed by atoms with van der Waals surface area (Å²) in [4.78, 5) is 2.33. The van der Waals surface area contributed by atoms with Crippen LogP contribution < -0.4 is 4.90 Å². The molecule has 0 aliphatic heterocycles. The summed E-state index contributed by atoms with van der Waals surface area (Å²) in [7, 11) is 0. The predicted molar refractivity (Wildman–Crippen MR) is 217 cm³/mol. The number of para-hydroxylation sites is 3. The van der Waals surface area contributed by atoms with E-state index in [2.05, 4.69) is 170 Å². The summed E-state index contributed by atoms with van der Waals surface area (Å²) in [6.45, 7) is 2.12. The van der Waals surface area contributed by atoms with Crippen LogP contribution in [0.4, 0.5) is 17.1 Å². The first-order chi connectivity index (χ1) is 25.7. The Morgan fingerprint density at radius 1 is 0.346 bits per heavy atom. The third-order valence-electron chi connectivity index (χ3n) is 10.2. The number of hydrogen-bond acceptors (Lipinski definition) is 3. The van der Waals surface area contributed by atoms with E-state index in [1.165, 1.54) is 16.7 Å². The van der Waals surface area contributed by atoms with Gasteiger partial charge in [0, 0.05) is 44.2 Å². The lowest BCUT2D eigenvalue weighted by molar-refractivity contribution is 0.669. The highest BCUT2D eigenvalue weighted by atomic mass is 16.3. The van der Waals surface area contributed by atoms with Crippen LogP contribution in [0.2, 0.25) is 0 Å². The summed E-state index contributed by atoms with van der Waals surface area (Å²) < 4.78 is 12.5. The fraction of sp³-hybridized carbons (Fsp3) is 0.0204. The molecule has 8 aromatic carbocycles. The number of anilines is 3. The Morgan fingerprint density at radius 3 is 1.62 bits per heavy atom. The third-order valence-corrected chi connectivity index (χ3v) is 10.2. The largest absolute Gasteiger partial charge is 0.456 e. The fourth-order valence-corrected chi connectivity index (χ4v) is 7.49. The van der Waals surface area contributed by atoms with Gasteiger partial charge in [-0.3, -0.25) is 0 Å². The van der Waals surface area contributed by atoms with Gasteiger partial charge in [0.05, 0.1) is 0 Å². The monoisotopic (exact) mass is 667 g/mol. The topological polar surface area (TPSA) is 29.5 Å². The summed E-state index contributed by atoms with van der Waals surface area (Å²) >= 11 is 0. The molecule has 0 fully saturated rings. The van der Waals surface area contributed by atoms with Crippen LogP contribution in [0.5, 0.6) is 0 Å². The van der Waals surface area contributed by atoms with Crippen LogP contribution in [-0.2, 0) is 0 Å². The first-order valence-electron chi connectivity index (χ1n) is 17.7. The van der Waals surface area contributed by atoms with Crippen molar-refractivity contribution in [2.75, 3.05) is 4.90 Å². The average Bonchev–Trinajstić information content (AvgIpc) is 3.77. The number of furan rings is 2. The second-order valence-corrected chi connectivity index (χ2v) is 13.4. The van der Waals surface area contributed by atoms with Crippen molar-refractivity contribution < 1.29 is 8.83 Å². The van der Waals surface area contributed by atoms with Crippen molar-refractivity contribution in [3.05, 3.63) is 188 Å². The van der Waals surface area contributed by atoms with E-state index in [1.54, 1.807) is 0 Å². The summed E-state index contributed by atoms with van der Waals surface area (Å²) in [6, 6.07) is 64.5. The van der Waals surface area contributed by atoms with Gasteiger partial charge in [0.25, 0.3) is 0 Å². The molecule has 0 bridgehead atoms. The van der Waals surface area contributed by atoms with Gasteiger partial charge in [0.2, 0.25) is 0 Å². The van der Waals surface area contributed by atoms with Crippen molar-refractivity contribution in [3.8, 4) is 33.4 Å². The number of hydrogen-bond donors (Lipinski definition) is 0. The third kappa shape index (κ3) is 5.14. The molecule has 0 spiro atoms. The van der Waals surface area contributed by atoms with Gasteiger partial charge in [-0.25, -0.2) is 0 Å². The molecule has 10 rings (SSSR count). The van der Waals surface area contributed by atoms with Crippen molar-refractivity contribution >= 4 is 60.9 Å². The van der Waals surface area contributed by atoms with Gasteiger partial charge in [0.15, 0.2) is 0 Å². The van der Waals surface area contributed by atoms with Gasteiger partial charge in [-0.2, -0.15) is 0 Å². The zero-order valence-corrected chi connectivity index (χ0v) is 28.6. The molecule has 3 heteroatoms. The predicted octanol–water partition coefficient (Wildman–Crippen LogP) is 14.3. The van der Waals surface area contributed by atoms with Crippen LogP contribution in [0.15, 0.2) is 191 Å². The lowest BCUT2D eigenvalue weighted by Gasteiger charge is -2.26. The molecule has 0 saturated carbocycles. The standard InChI is InChI=1S/C49H33NO2/c1-32-16-18-33(19-17-32)34-20-25-38(26-21-34)50(39-27-22-35(23-28-39)41-12-7-13-44-42-10-2-5-15-47(42)52-49(41)44)40-9-6-8-36(30-40)37-24-29-48-45(31-37)43-11-3-4-14-46(43)51-48/h2-31H,1H3. The second-order valence-electron chi connectivity index (χ2n) is 13.4. The van der Waals surface area contributed by atoms with Crippen LogP contribution in [0, 0.1) is 6.92 Å². The zero-order chi connectivity index (χ0) is 34.6. The van der Waals surface area contributed by atoms with Gasteiger partial charge in [0.1, 0.15) is 22.3 Å². The molecule has 0 aliphatic carbocycles. The maximum absolute atomic E-state index is 6.39. The maximum atomic E-state index is 6.39. The number of nitrogens with zero attached hydrogens (tertiary/aromatic N) is 1. The SMILES string of the molecule is Cc1ccc(-c2ccc(N(c3ccc(-c4cccc5c4oc4ccccc45)cc3)c3cccc(-c4ccc5oc6ccccc6c5c4)c3)cc2)cc1. The highest BCUT2D eigenvalue weighted by Gasteiger charge is 2.17. The van der Waals surface area contributed by atoms with Crippen molar-refractivity contribution in [2.24, 2.45) is 0 Å². The van der Waals surface area contributed by atoms with E-state index in [-0.39, 0.29) is 0 Å². The van der Waals surface area contributed by atoms with E-state index in [9.17, 15) is 0 Å². The van der Waals surface area contributed by atoms with Crippen molar-refractivity contribution in [1.29, 1.82) is 0 Å². The van der Waals surface area contributed by atoms with Gasteiger partial charge < -0.3 is 13.7 Å². The molecule has 52 heavy (non-hydrogen) atoms. The van der Waals surface area contributed by atoms with Crippen molar-refractivity contribution in [3.63, 3.8) is 0 Å². The van der Waals surface area contributed by atoms with Crippen LogP contribution in [-0.4, -0.2) is 0 Å². The molecular formula is C49H33NO2. The number of aryl methyl sites for hydroxylation is 1. The van der Waals surface area contributed by atoms with E-state index in [0.29, 0.717) is 0 Å². The smallest absolute Gasteiger partial charge is 0.143 e. The Balaban J connectivity index is 1.07. The summed E-state index contributed by atoms with van der Waals surface area (Å²) in [5.41, 5.74) is 15.0. The molecular weight excluding hydrogens is 635 g/mol. The van der Waals surface area contributed by atoms with E-state index < -0.39 is 0 Å². The molecule has 246 valence electrons. The first-order valence-corrected chi connectivity index (χ1v) is 17.7. The van der Waals surface area contributed by atoms with Gasteiger partial charge >= 0.3 is 0 Å². The Morgan fingerprint density at radius 2 is 0.885 bits per heavy atom. The van der Waals surface area contributed by atoms with Crippen LogP contribution in [0.1, 0.15) is 5.56 Å². The van der Waals surface area contributed by atoms with Crippen molar-refractivity contribution in [1.82, 2.24) is 0 Å². The minimum atomic E-state index is 0.898. The van der Waals surface area contributed by atoms with Crippen LogP contribution in [0.25, 0.3) is 77.3 Å². The summed E-state index contributed by atoms with van der Waals surface area (Å²) in [6.07, 6.45) is 0. The molecule has 3 nitrogen and oxygen atoms in total. The maximum Gasteiger partial charge on any atom is 0.143 e. The lowest BCUT2D eigenvalue weighted by atomic mass is 10.00. The number of benzene rings is 8. The van der Waals surface area contributed by atoms with E-state index in [4.69, 9.17) is 8.83 Å². The molecule has 0 amide bonds. The molecule has 0 atom stereocenters. The van der Waals surface area contributed by atoms with Crippen LogP contribution >= 0.6 is 0 Å². The Kier molecular flexibility index (Phi) is 7.04. The highest BCUT2D eigenvalue weighted by Crippen LogP contribution is 2.41. The van der Waals surface area contributed by atoms with Gasteiger partial charge in [-0.05, 0) is 95.4 Å². The summed E-state index contributed by atoms with van der Waals surface area (Å²) in [5, 5.41) is 4.52. The highest BCUT2D eigenvalue weighted by molar-refractivity contribution is 6.09. The minimum Gasteiger partial charge on any atom is -0.456 e. The van der Waals surface area contributed by atoms with E-state index in [0.717, 1.165) is 83.2 Å². The molecule has 2 aromatic heterocycles.